The number of amides is 2. The summed E-state index contributed by atoms with van der Waals surface area (Å²) in [6.45, 7) is 5.69. The molecular weight excluding hydrogens is 316 g/mol. The lowest BCUT2D eigenvalue weighted by Gasteiger charge is -2.18. The molecule has 0 aliphatic heterocycles. The lowest BCUT2D eigenvalue weighted by Crippen LogP contribution is -2.47. The second-order valence-electron chi connectivity index (χ2n) is 5.74. The zero-order valence-corrected chi connectivity index (χ0v) is 14.4. The van der Waals surface area contributed by atoms with E-state index < -0.39 is 17.5 Å². The minimum atomic E-state index is -0.684. The van der Waals surface area contributed by atoms with Crippen LogP contribution in [-0.4, -0.2) is 34.3 Å². The van der Waals surface area contributed by atoms with Crippen molar-refractivity contribution in [1.82, 2.24) is 20.0 Å². The van der Waals surface area contributed by atoms with Gasteiger partial charge in [0.1, 0.15) is 11.6 Å². The molecule has 0 saturated heterocycles. The van der Waals surface area contributed by atoms with Gasteiger partial charge in [-0.25, -0.2) is 4.98 Å². The minimum absolute atomic E-state index is 0.0679. The van der Waals surface area contributed by atoms with E-state index in [1.54, 1.807) is 12.3 Å². The highest BCUT2D eigenvalue weighted by atomic mass is 32.1. The fourth-order valence-electron chi connectivity index (χ4n) is 2.29. The predicted molar refractivity (Wildman–Crippen MR) is 88.9 cm³/mol. The number of carbonyl (C=O) groups excluding carboxylic acids is 2. The Labute approximate surface area is 137 Å². The van der Waals surface area contributed by atoms with Gasteiger partial charge in [0.05, 0.1) is 0 Å². The van der Waals surface area contributed by atoms with Crippen molar-refractivity contribution in [1.29, 1.82) is 0 Å². The standard InChI is InChI=1S/C15H20N4O3S/c1-8(2)5-11(13(21)16-4)18-12(20)10-6-17-15-19(14(10)22)9(3)7-23-15/h6-8,11H,5H2,1-4H3,(H,16,21)(H,18,20)/t11-/m0/s1. The largest absolute Gasteiger partial charge is 0.357 e. The van der Waals surface area contributed by atoms with Gasteiger partial charge in [-0.15, -0.1) is 11.3 Å². The van der Waals surface area contributed by atoms with E-state index in [0.29, 0.717) is 11.4 Å². The summed E-state index contributed by atoms with van der Waals surface area (Å²) in [4.78, 5) is 41.5. The Balaban J connectivity index is 2.32. The molecule has 0 unspecified atom stereocenters. The summed E-state index contributed by atoms with van der Waals surface area (Å²) in [5.74, 6) is -0.650. The van der Waals surface area contributed by atoms with Crippen molar-refractivity contribution in [3.05, 3.63) is 33.2 Å². The van der Waals surface area contributed by atoms with Crippen LogP contribution in [0.1, 0.15) is 36.3 Å². The summed E-state index contributed by atoms with van der Waals surface area (Å²) in [7, 11) is 1.51. The molecule has 7 nitrogen and oxygen atoms in total. The molecule has 0 radical (unpaired) electrons. The number of rotatable bonds is 5. The van der Waals surface area contributed by atoms with E-state index in [2.05, 4.69) is 15.6 Å². The van der Waals surface area contributed by atoms with E-state index in [4.69, 9.17) is 0 Å². The number of carbonyl (C=O) groups is 2. The summed E-state index contributed by atoms with van der Waals surface area (Å²) in [6.07, 6.45) is 1.75. The molecular formula is C15H20N4O3S. The molecule has 0 aliphatic rings. The van der Waals surface area contributed by atoms with E-state index >= 15 is 0 Å². The van der Waals surface area contributed by atoms with Gasteiger partial charge in [0.25, 0.3) is 11.5 Å². The van der Waals surface area contributed by atoms with Gasteiger partial charge in [0, 0.05) is 24.3 Å². The average molecular weight is 336 g/mol. The molecule has 0 saturated carbocycles. The second-order valence-corrected chi connectivity index (χ2v) is 6.58. The van der Waals surface area contributed by atoms with Crippen LogP contribution >= 0.6 is 11.3 Å². The molecule has 23 heavy (non-hydrogen) atoms. The summed E-state index contributed by atoms with van der Waals surface area (Å²) in [6, 6.07) is -0.684. The lowest BCUT2D eigenvalue weighted by molar-refractivity contribution is -0.122. The minimum Gasteiger partial charge on any atom is -0.357 e. The number of nitrogens with one attached hydrogen (secondary N) is 2. The molecule has 2 amide bonds. The Hall–Kier alpha value is -2.22. The molecule has 2 aromatic heterocycles. The number of nitrogens with zero attached hydrogens (tertiary/aromatic N) is 2. The number of thiazole rings is 1. The van der Waals surface area contributed by atoms with Crippen molar-refractivity contribution in [2.24, 2.45) is 5.92 Å². The van der Waals surface area contributed by atoms with Crippen LogP contribution < -0.4 is 16.2 Å². The highest BCUT2D eigenvalue weighted by Crippen LogP contribution is 2.11. The molecule has 2 rings (SSSR count). The Morgan fingerprint density at radius 3 is 2.70 bits per heavy atom. The monoisotopic (exact) mass is 336 g/mol. The van der Waals surface area contributed by atoms with Crippen molar-refractivity contribution >= 4 is 28.1 Å². The topological polar surface area (TPSA) is 92.6 Å². The van der Waals surface area contributed by atoms with Crippen LogP contribution in [0.5, 0.6) is 0 Å². The molecule has 0 aromatic carbocycles. The number of likely N-dealkylation sites (N-methyl/N-ethyl adjacent to an activating group) is 1. The molecule has 0 aliphatic carbocycles. The third kappa shape index (κ3) is 3.58. The number of aryl methyl sites for hydroxylation is 1. The summed E-state index contributed by atoms with van der Waals surface area (Å²) in [5, 5.41) is 6.96. The van der Waals surface area contributed by atoms with Gasteiger partial charge in [-0.3, -0.25) is 18.8 Å². The SMILES string of the molecule is CNC(=O)[C@H](CC(C)C)NC(=O)c1cnc2scc(C)n2c1=O. The lowest BCUT2D eigenvalue weighted by atomic mass is 10.0. The van der Waals surface area contributed by atoms with Gasteiger partial charge >= 0.3 is 0 Å². The molecule has 0 bridgehead atoms. The molecule has 2 aromatic rings. The third-order valence-electron chi connectivity index (χ3n) is 3.44. The summed E-state index contributed by atoms with van der Waals surface area (Å²) >= 11 is 1.34. The van der Waals surface area contributed by atoms with Crippen LogP contribution in [0, 0.1) is 12.8 Å². The molecule has 2 N–H and O–H groups in total. The van der Waals surface area contributed by atoms with Gasteiger partial charge in [-0.1, -0.05) is 13.8 Å². The fraction of sp³-hybridized carbons (Fsp3) is 0.467. The molecule has 0 spiro atoms. The number of fused-ring (bicyclic) bond motifs is 1. The normalized spacial score (nSPS) is 12.4. The first-order valence-electron chi connectivity index (χ1n) is 7.33. The van der Waals surface area contributed by atoms with Gasteiger partial charge < -0.3 is 10.6 Å². The first-order chi connectivity index (χ1) is 10.8. The van der Waals surface area contributed by atoms with E-state index in [9.17, 15) is 14.4 Å². The van der Waals surface area contributed by atoms with E-state index in [-0.39, 0.29) is 17.4 Å². The Bertz CT molecular complexity index is 794. The quantitative estimate of drug-likeness (QED) is 0.850. The number of hydrogen-bond donors (Lipinski definition) is 2. The van der Waals surface area contributed by atoms with Crippen LogP contribution in [0.2, 0.25) is 0 Å². The first kappa shape index (κ1) is 17.1. The number of aromatic nitrogens is 2. The Morgan fingerprint density at radius 1 is 1.39 bits per heavy atom. The van der Waals surface area contributed by atoms with Crippen molar-refractivity contribution in [3.63, 3.8) is 0 Å². The van der Waals surface area contributed by atoms with Crippen molar-refractivity contribution in [2.45, 2.75) is 33.2 Å². The highest BCUT2D eigenvalue weighted by Gasteiger charge is 2.23. The summed E-state index contributed by atoms with van der Waals surface area (Å²) < 4.78 is 1.40. The van der Waals surface area contributed by atoms with Crippen molar-refractivity contribution < 1.29 is 9.59 Å². The third-order valence-corrected chi connectivity index (χ3v) is 4.39. The maximum atomic E-state index is 12.5. The Kier molecular flexibility index (Phi) is 5.15. The highest BCUT2D eigenvalue weighted by molar-refractivity contribution is 7.15. The molecule has 0 fully saturated rings. The van der Waals surface area contributed by atoms with Crippen molar-refractivity contribution in [2.75, 3.05) is 7.05 Å². The molecule has 1 atom stereocenters. The molecule has 2 heterocycles. The van der Waals surface area contributed by atoms with Crippen LogP contribution in [0.15, 0.2) is 16.4 Å². The van der Waals surface area contributed by atoms with Gasteiger partial charge in [0.15, 0.2) is 4.96 Å². The first-order valence-corrected chi connectivity index (χ1v) is 8.21. The smallest absolute Gasteiger partial charge is 0.271 e. The maximum absolute atomic E-state index is 12.5. The van der Waals surface area contributed by atoms with Crippen LogP contribution in [0.25, 0.3) is 4.96 Å². The van der Waals surface area contributed by atoms with Crippen LogP contribution in [0.3, 0.4) is 0 Å². The van der Waals surface area contributed by atoms with E-state index in [1.807, 2.05) is 13.8 Å². The van der Waals surface area contributed by atoms with Crippen LogP contribution in [-0.2, 0) is 4.79 Å². The number of hydrogen-bond acceptors (Lipinski definition) is 5. The van der Waals surface area contributed by atoms with Gasteiger partial charge in [-0.05, 0) is 19.3 Å². The second kappa shape index (κ2) is 6.91. The Morgan fingerprint density at radius 2 is 2.09 bits per heavy atom. The van der Waals surface area contributed by atoms with E-state index in [0.717, 1.165) is 5.69 Å². The summed E-state index contributed by atoms with van der Waals surface area (Å²) in [5.41, 5.74) is 0.232. The maximum Gasteiger partial charge on any atom is 0.271 e. The van der Waals surface area contributed by atoms with Crippen molar-refractivity contribution in [3.8, 4) is 0 Å². The average Bonchev–Trinajstić information content (AvgIpc) is 2.87. The molecule has 124 valence electrons. The zero-order valence-electron chi connectivity index (χ0n) is 13.5. The van der Waals surface area contributed by atoms with Crippen LogP contribution in [0.4, 0.5) is 0 Å². The van der Waals surface area contributed by atoms with Gasteiger partial charge in [0.2, 0.25) is 5.91 Å². The predicted octanol–water partition coefficient (Wildman–Crippen LogP) is 0.955. The zero-order chi connectivity index (χ0) is 17.1. The van der Waals surface area contributed by atoms with Gasteiger partial charge in [-0.2, -0.15) is 0 Å². The molecule has 8 heteroatoms. The fourth-order valence-corrected chi connectivity index (χ4v) is 3.12. The van der Waals surface area contributed by atoms with E-state index in [1.165, 1.54) is 29.0 Å².